The second kappa shape index (κ2) is 12.6. The minimum absolute atomic E-state index is 0.00415. The van der Waals surface area contributed by atoms with Crippen molar-refractivity contribution in [3.05, 3.63) is 100 Å². The number of nitrogens with zero attached hydrogens (tertiary/aromatic N) is 1. The molecule has 2 N–H and O–H groups in total. The SMILES string of the molecule is CCOC(=O)/C(C=Nc1ccc(OC)cc1F)=C(/O)c1cc(F)c(C2(NC(=O)OCc3ccccc3)CC2)cc1F. The van der Waals surface area contributed by atoms with Crippen LogP contribution in [0.25, 0.3) is 5.76 Å². The number of aliphatic imine (C=N–C) groups is 1. The summed E-state index contributed by atoms with van der Waals surface area (Å²) in [5, 5.41) is 13.4. The molecule has 1 aliphatic carbocycles. The number of methoxy groups -OCH3 is 1. The van der Waals surface area contributed by atoms with Gasteiger partial charge in [0.05, 0.1) is 30.5 Å². The monoisotopic (exact) mass is 568 g/mol. The van der Waals surface area contributed by atoms with E-state index in [2.05, 4.69) is 10.3 Å². The van der Waals surface area contributed by atoms with E-state index in [9.17, 15) is 19.1 Å². The van der Waals surface area contributed by atoms with Gasteiger partial charge >= 0.3 is 12.1 Å². The summed E-state index contributed by atoms with van der Waals surface area (Å²) in [7, 11) is 1.36. The maximum atomic E-state index is 15.3. The Labute approximate surface area is 234 Å². The Balaban J connectivity index is 1.60. The Morgan fingerprint density at radius 3 is 2.37 bits per heavy atom. The van der Waals surface area contributed by atoms with Crippen LogP contribution in [0.15, 0.2) is 71.2 Å². The summed E-state index contributed by atoms with van der Waals surface area (Å²) in [5.41, 5.74) is -2.06. The summed E-state index contributed by atoms with van der Waals surface area (Å²) < 4.78 is 60.0. The molecular formula is C30H27F3N2O6. The molecule has 0 heterocycles. The molecule has 0 aliphatic heterocycles. The number of ether oxygens (including phenoxy) is 3. The summed E-state index contributed by atoms with van der Waals surface area (Å²) in [6.07, 6.45) is 0.665. The molecule has 3 aromatic rings. The summed E-state index contributed by atoms with van der Waals surface area (Å²) in [6.45, 7) is 1.41. The van der Waals surface area contributed by atoms with Gasteiger partial charge in [-0.3, -0.25) is 4.99 Å². The lowest BCUT2D eigenvalue weighted by Gasteiger charge is -2.19. The average Bonchev–Trinajstić information content (AvgIpc) is 3.74. The van der Waals surface area contributed by atoms with Crippen molar-refractivity contribution >= 4 is 29.7 Å². The van der Waals surface area contributed by atoms with Crippen LogP contribution in [0.4, 0.5) is 23.7 Å². The van der Waals surface area contributed by atoms with Crippen LogP contribution in [-0.2, 0) is 26.4 Å². The van der Waals surface area contributed by atoms with Crippen LogP contribution in [0.1, 0.15) is 36.5 Å². The number of rotatable bonds is 10. The van der Waals surface area contributed by atoms with Gasteiger partial charge in [-0.15, -0.1) is 0 Å². The number of nitrogens with one attached hydrogen (secondary N) is 1. The van der Waals surface area contributed by atoms with Crippen LogP contribution in [0.2, 0.25) is 0 Å². The molecule has 3 aromatic carbocycles. The minimum atomic E-state index is -1.19. The Kier molecular flexibility index (Phi) is 8.96. The fourth-order valence-corrected chi connectivity index (χ4v) is 4.05. The largest absolute Gasteiger partial charge is 0.506 e. The van der Waals surface area contributed by atoms with Crippen molar-refractivity contribution in [2.75, 3.05) is 13.7 Å². The Morgan fingerprint density at radius 1 is 1.00 bits per heavy atom. The highest BCUT2D eigenvalue weighted by atomic mass is 19.1. The lowest BCUT2D eigenvalue weighted by Crippen LogP contribution is -2.36. The molecule has 0 spiro atoms. The van der Waals surface area contributed by atoms with Crippen molar-refractivity contribution in [1.82, 2.24) is 5.32 Å². The molecule has 0 atom stereocenters. The predicted octanol–water partition coefficient (Wildman–Crippen LogP) is 6.26. The first-order chi connectivity index (χ1) is 19.7. The normalized spacial score (nSPS) is 14.3. The fourth-order valence-electron chi connectivity index (χ4n) is 4.05. The average molecular weight is 569 g/mol. The quantitative estimate of drug-likeness (QED) is 0.129. The van der Waals surface area contributed by atoms with E-state index in [1.807, 2.05) is 6.07 Å². The number of aliphatic hydroxyl groups is 1. The Morgan fingerprint density at radius 2 is 1.73 bits per heavy atom. The van der Waals surface area contributed by atoms with Gasteiger partial charge < -0.3 is 24.6 Å². The molecule has 214 valence electrons. The summed E-state index contributed by atoms with van der Waals surface area (Å²) >= 11 is 0. The zero-order valence-electron chi connectivity index (χ0n) is 22.2. The summed E-state index contributed by atoms with van der Waals surface area (Å²) in [6, 6.07) is 14.3. The molecule has 1 aliphatic rings. The first-order valence-electron chi connectivity index (χ1n) is 12.6. The van der Waals surface area contributed by atoms with E-state index in [1.165, 1.54) is 26.2 Å². The molecule has 0 bridgehead atoms. The smallest absolute Gasteiger partial charge is 0.408 e. The summed E-state index contributed by atoms with van der Waals surface area (Å²) in [5.74, 6) is -4.62. The number of carbonyl (C=O) groups excluding carboxylic acids is 2. The molecule has 1 amide bonds. The molecule has 0 unspecified atom stereocenters. The van der Waals surface area contributed by atoms with Crippen molar-refractivity contribution in [3.8, 4) is 5.75 Å². The molecule has 1 saturated carbocycles. The van der Waals surface area contributed by atoms with Crippen molar-refractivity contribution < 1.29 is 42.1 Å². The molecule has 11 heteroatoms. The van der Waals surface area contributed by atoms with E-state index < -0.39 is 51.9 Å². The third kappa shape index (κ3) is 6.86. The predicted molar refractivity (Wildman–Crippen MR) is 144 cm³/mol. The van der Waals surface area contributed by atoms with Crippen molar-refractivity contribution in [1.29, 1.82) is 0 Å². The summed E-state index contributed by atoms with van der Waals surface area (Å²) in [4.78, 5) is 28.8. The Hall–Kier alpha value is -4.80. The minimum Gasteiger partial charge on any atom is -0.506 e. The fraction of sp³-hybridized carbons (Fsp3) is 0.233. The number of esters is 1. The number of benzene rings is 3. The molecule has 4 rings (SSSR count). The molecule has 0 aromatic heterocycles. The number of aliphatic hydroxyl groups excluding tert-OH is 1. The van der Waals surface area contributed by atoms with Gasteiger partial charge in [-0.25, -0.2) is 22.8 Å². The van der Waals surface area contributed by atoms with Crippen LogP contribution < -0.4 is 10.1 Å². The van der Waals surface area contributed by atoms with Crippen LogP contribution in [0.3, 0.4) is 0 Å². The topological polar surface area (TPSA) is 106 Å². The number of carbonyl (C=O) groups is 2. The van der Waals surface area contributed by atoms with Crippen LogP contribution >= 0.6 is 0 Å². The van der Waals surface area contributed by atoms with E-state index in [1.54, 1.807) is 24.3 Å². The number of hydrogen-bond acceptors (Lipinski definition) is 7. The van der Waals surface area contributed by atoms with Gasteiger partial charge in [0.25, 0.3) is 0 Å². The first-order valence-corrected chi connectivity index (χ1v) is 12.6. The molecule has 1 fully saturated rings. The van der Waals surface area contributed by atoms with Crippen molar-refractivity contribution in [2.24, 2.45) is 4.99 Å². The molecular weight excluding hydrogens is 541 g/mol. The lowest BCUT2D eigenvalue weighted by atomic mass is 9.99. The number of alkyl carbamates (subject to hydrolysis) is 1. The van der Waals surface area contributed by atoms with Crippen molar-refractivity contribution in [3.63, 3.8) is 0 Å². The van der Waals surface area contributed by atoms with E-state index >= 15 is 8.78 Å². The number of amides is 1. The third-order valence-corrected chi connectivity index (χ3v) is 6.37. The maximum absolute atomic E-state index is 15.3. The lowest BCUT2D eigenvalue weighted by molar-refractivity contribution is -0.137. The zero-order valence-corrected chi connectivity index (χ0v) is 22.2. The van der Waals surface area contributed by atoms with Gasteiger partial charge in [0, 0.05) is 17.8 Å². The van der Waals surface area contributed by atoms with Gasteiger partial charge in [0.1, 0.15) is 35.3 Å². The van der Waals surface area contributed by atoms with Gasteiger partial charge in [0.15, 0.2) is 5.82 Å². The van der Waals surface area contributed by atoms with Crippen LogP contribution in [-0.4, -0.2) is 37.1 Å². The highest BCUT2D eigenvalue weighted by molar-refractivity contribution is 6.15. The van der Waals surface area contributed by atoms with Crippen LogP contribution in [0, 0.1) is 17.5 Å². The molecule has 0 radical (unpaired) electrons. The van der Waals surface area contributed by atoms with Gasteiger partial charge in [-0.2, -0.15) is 0 Å². The van der Waals surface area contributed by atoms with E-state index in [0.29, 0.717) is 18.9 Å². The van der Waals surface area contributed by atoms with Gasteiger partial charge in [-0.05, 0) is 49.6 Å². The highest BCUT2D eigenvalue weighted by Crippen LogP contribution is 2.47. The first kappa shape index (κ1) is 29.2. The van der Waals surface area contributed by atoms with E-state index in [4.69, 9.17) is 14.2 Å². The second-order valence-electron chi connectivity index (χ2n) is 9.14. The number of hydrogen-bond donors (Lipinski definition) is 2. The second-order valence-corrected chi connectivity index (χ2v) is 9.14. The Bertz CT molecular complexity index is 1500. The third-order valence-electron chi connectivity index (χ3n) is 6.37. The van der Waals surface area contributed by atoms with Gasteiger partial charge in [-0.1, -0.05) is 30.3 Å². The molecule has 41 heavy (non-hydrogen) atoms. The number of halogens is 3. The molecule has 8 nitrogen and oxygen atoms in total. The standard InChI is InChI=1S/C30H27F3N2O6/c1-3-40-28(37)21(16-34-26-10-9-19(39-2)13-25(26)33)27(36)20-14-24(32)22(15-23(20)31)30(11-12-30)35-29(38)41-17-18-7-5-4-6-8-18/h4-10,13-16,36H,3,11-12,17H2,1-2H3,(H,35,38)/b27-21+,34-16?. The van der Waals surface area contributed by atoms with Gasteiger partial charge in [0.2, 0.25) is 0 Å². The highest BCUT2D eigenvalue weighted by Gasteiger charge is 2.48. The van der Waals surface area contributed by atoms with E-state index in [0.717, 1.165) is 23.9 Å². The van der Waals surface area contributed by atoms with Crippen molar-refractivity contribution in [2.45, 2.75) is 31.9 Å². The van der Waals surface area contributed by atoms with Crippen LogP contribution in [0.5, 0.6) is 5.75 Å². The molecule has 0 saturated heterocycles. The zero-order chi connectivity index (χ0) is 29.6. The maximum Gasteiger partial charge on any atom is 0.408 e. The van der Waals surface area contributed by atoms with E-state index in [-0.39, 0.29) is 30.2 Å².